The van der Waals surface area contributed by atoms with Crippen LogP contribution in [0.4, 0.5) is 18.9 Å². The van der Waals surface area contributed by atoms with Crippen molar-refractivity contribution in [2.75, 3.05) is 19.0 Å². The number of ether oxygens (including phenoxy) is 2. The lowest BCUT2D eigenvalue weighted by Crippen LogP contribution is -2.19. The topological polar surface area (TPSA) is 60.5 Å². The van der Waals surface area contributed by atoms with Gasteiger partial charge in [0, 0.05) is 25.1 Å². The molecule has 0 aliphatic heterocycles. The van der Waals surface area contributed by atoms with Gasteiger partial charge < -0.3 is 14.8 Å². The molecule has 2 aromatic rings. The number of hydrogen-bond donors (Lipinski definition) is 1. The number of rotatable bonds is 6. The molecule has 8 heteroatoms. The Kier molecular flexibility index (Phi) is 5.75. The summed E-state index contributed by atoms with van der Waals surface area (Å²) in [6.45, 7) is -1.02. The molecule has 0 aliphatic rings. The van der Waals surface area contributed by atoms with Crippen LogP contribution in [0.5, 0.6) is 5.88 Å². The summed E-state index contributed by atoms with van der Waals surface area (Å²) in [5.74, 6) is -0.634. The fourth-order valence-electron chi connectivity index (χ4n) is 1.86. The van der Waals surface area contributed by atoms with Gasteiger partial charge in [-0.05, 0) is 23.8 Å². The average Bonchev–Trinajstić information content (AvgIpc) is 2.53. The van der Waals surface area contributed by atoms with Gasteiger partial charge in [-0.2, -0.15) is 13.2 Å². The van der Waals surface area contributed by atoms with E-state index in [1.165, 1.54) is 12.1 Å². The summed E-state index contributed by atoms with van der Waals surface area (Å²) in [4.78, 5) is 15.8. The molecule has 0 fully saturated rings. The van der Waals surface area contributed by atoms with Crippen molar-refractivity contribution in [3.05, 3.63) is 53.7 Å². The first-order chi connectivity index (χ1) is 11.4. The molecule has 2 rings (SSSR count). The van der Waals surface area contributed by atoms with E-state index in [-0.39, 0.29) is 11.4 Å². The fourth-order valence-corrected chi connectivity index (χ4v) is 1.86. The molecule has 0 saturated carbocycles. The van der Waals surface area contributed by atoms with E-state index in [1.54, 1.807) is 25.3 Å². The van der Waals surface area contributed by atoms with Gasteiger partial charge in [-0.25, -0.2) is 4.98 Å². The van der Waals surface area contributed by atoms with Crippen molar-refractivity contribution >= 4 is 11.6 Å². The van der Waals surface area contributed by atoms with Crippen LogP contribution in [0.25, 0.3) is 0 Å². The molecule has 1 aromatic heterocycles. The van der Waals surface area contributed by atoms with Gasteiger partial charge in [0.15, 0.2) is 6.61 Å². The summed E-state index contributed by atoms with van der Waals surface area (Å²) in [7, 11) is 1.57. The van der Waals surface area contributed by atoms with E-state index in [2.05, 4.69) is 15.0 Å². The zero-order valence-corrected chi connectivity index (χ0v) is 12.8. The molecule has 1 N–H and O–H groups in total. The highest BCUT2D eigenvalue weighted by atomic mass is 19.4. The lowest BCUT2D eigenvalue weighted by molar-refractivity contribution is -0.154. The molecule has 1 heterocycles. The third-order valence-corrected chi connectivity index (χ3v) is 2.88. The molecule has 0 radical (unpaired) electrons. The maximum Gasteiger partial charge on any atom is 0.422 e. The first kappa shape index (κ1) is 17.7. The second-order valence-corrected chi connectivity index (χ2v) is 4.88. The van der Waals surface area contributed by atoms with Gasteiger partial charge in [0.05, 0.1) is 12.2 Å². The van der Waals surface area contributed by atoms with Gasteiger partial charge in [-0.1, -0.05) is 12.1 Å². The molecule has 128 valence electrons. The third kappa shape index (κ3) is 5.54. The van der Waals surface area contributed by atoms with E-state index in [1.807, 2.05) is 6.07 Å². The largest absolute Gasteiger partial charge is 0.468 e. The molecule has 24 heavy (non-hydrogen) atoms. The Morgan fingerprint density at radius 1 is 1.25 bits per heavy atom. The normalized spacial score (nSPS) is 11.2. The lowest BCUT2D eigenvalue weighted by Gasteiger charge is -2.09. The van der Waals surface area contributed by atoms with E-state index in [9.17, 15) is 18.0 Å². The molecule has 0 spiro atoms. The van der Waals surface area contributed by atoms with Crippen molar-refractivity contribution in [1.82, 2.24) is 4.98 Å². The number of methoxy groups -OCH3 is 1. The Balaban J connectivity index is 1.98. The standard InChI is InChI=1S/C16H15F3N2O3/c1-23-9-11-3-2-4-13(7-11)21-15(22)12-5-6-14(20-8-12)24-10-16(17,18)19/h2-8H,9-10H2,1H3,(H,21,22). The number of halogens is 3. The van der Waals surface area contributed by atoms with Gasteiger partial charge in [0.2, 0.25) is 5.88 Å². The smallest absolute Gasteiger partial charge is 0.422 e. The van der Waals surface area contributed by atoms with Crippen LogP contribution in [0, 0.1) is 0 Å². The van der Waals surface area contributed by atoms with Crippen LogP contribution in [0.15, 0.2) is 42.6 Å². The molecule has 0 atom stereocenters. The van der Waals surface area contributed by atoms with Gasteiger partial charge >= 0.3 is 6.18 Å². The van der Waals surface area contributed by atoms with E-state index < -0.39 is 18.7 Å². The Morgan fingerprint density at radius 2 is 2.04 bits per heavy atom. The minimum atomic E-state index is -4.44. The van der Waals surface area contributed by atoms with Crippen molar-refractivity contribution in [2.24, 2.45) is 0 Å². The van der Waals surface area contributed by atoms with Gasteiger partial charge in [-0.15, -0.1) is 0 Å². The molecule has 0 saturated heterocycles. The molecular weight excluding hydrogens is 325 g/mol. The Bertz CT molecular complexity index is 688. The van der Waals surface area contributed by atoms with Crippen LogP contribution >= 0.6 is 0 Å². The quantitative estimate of drug-likeness (QED) is 0.875. The first-order valence-corrected chi connectivity index (χ1v) is 6.92. The van der Waals surface area contributed by atoms with Gasteiger partial charge in [-0.3, -0.25) is 4.79 Å². The highest BCUT2D eigenvalue weighted by Gasteiger charge is 2.28. The van der Waals surface area contributed by atoms with Crippen LogP contribution in [0.3, 0.4) is 0 Å². The maximum atomic E-state index is 12.1. The highest BCUT2D eigenvalue weighted by Crippen LogP contribution is 2.18. The summed E-state index contributed by atoms with van der Waals surface area (Å²) in [6.07, 6.45) is -3.29. The van der Waals surface area contributed by atoms with Crippen molar-refractivity contribution in [1.29, 1.82) is 0 Å². The Labute approximate surface area is 136 Å². The van der Waals surface area contributed by atoms with Crippen molar-refractivity contribution in [3.8, 4) is 5.88 Å². The fraction of sp³-hybridized carbons (Fsp3) is 0.250. The number of alkyl halides is 3. The monoisotopic (exact) mass is 340 g/mol. The maximum absolute atomic E-state index is 12.1. The van der Waals surface area contributed by atoms with Crippen molar-refractivity contribution in [2.45, 2.75) is 12.8 Å². The molecule has 5 nitrogen and oxygen atoms in total. The van der Waals surface area contributed by atoms with E-state index in [4.69, 9.17) is 4.74 Å². The number of benzene rings is 1. The summed E-state index contributed by atoms with van der Waals surface area (Å²) < 4.78 is 45.7. The number of anilines is 1. The predicted octanol–water partition coefficient (Wildman–Crippen LogP) is 3.42. The SMILES string of the molecule is COCc1cccc(NC(=O)c2ccc(OCC(F)(F)F)nc2)c1. The second-order valence-electron chi connectivity index (χ2n) is 4.88. The van der Waals surface area contributed by atoms with Crippen LogP contribution < -0.4 is 10.1 Å². The van der Waals surface area contributed by atoms with Crippen molar-refractivity contribution < 1.29 is 27.4 Å². The average molecular weight is 340 g/mol. The number of carbonyl (C=O) groups is 1. The predicted molar refractivity (Wildman–Crippen MR) is 80.9 cm³/mol. The molecule has 1 aromatic carbocycles. The van der Waals surface area contributed by atoms with Crippen molar-refractivity contribution in [3.63, 3.8) is 0 Å². The molecule has 0 bridgehead atoms. The zero-order valence-electron chi connectivity index (χ0n) is 12.8. The van der Waals surface area contributed by atoms with E-state index >= 15 is 0 Å². The zero-order chi connectivity index (χ0) is 17.6. The second kappa shape index (κ2) is 7.78. The number of aromatic nitrogens is 1. The third-order valence-electron chi connectivity index (χ3n) is 2.88. The van der Waals surface area contributed by atoms with E-state index in [0.717, 1.165) is 11.8 Å². The Morgan fingerprint density at radius 3 is 2.67 bits per heavy atom. The van der Waals surface area contributed by atoms with Crippen LogP contribution in [-0.2, 0) is 11.3 Å². The van der Waals surface area contributed by atoms with Gasteiger partial charge in [0.1, 0.15) is 0 Å². The summed E-state index contributed by atoms with van der Waals surface area (Å²) in [6, 6.07) is 9.65. The number of hydrogen-bond acceptors (Lipinski definition) is 4. The number of carbonyl (C=O) groups excluding carboxylic acids is 1. The minimum Gasteiger partial charge on any atom is -0.468 e. The lowest BCUT2D eigenvalue weighted by atomic mass is 10.2. The minimum absolute atomic E-state index is 0.200. The first-order valence-electron chi connectivity index (χ1n) is 6.92. The van der Waals surface area contributed by atoms with Crippen LogP contribution in [0.2, 0.25) is 0 Å². The molecular formula is C16H15F3N2O3. The number of pyridine rings is 1. The highest BCUT2D eigenvalue weighted by molar-refractivity contribution is 6.04. The van der Waals surface area contributed by atoms with Gasteiger partial charge in [0.25, 0.3) is 5.91 Å². The van der Waals surface area contributed by atoms with E-state index in [0.29, 0.717) is 12.3 Å². The number of nitrogens with one attached hydrogen (secondary N) is 1. The summed E-state index contributed by atoms with van der Waals surface area (Å²) in [5.41, 5.74) is 1.67. The number of amides is 1. The van der Waals surface area contributed by atoms with Crippen LogP contribution in [0.1, 0.15) is 15.9 Å². The summed E-state index contributed by atoms with van der Waals surface area (Å²) in [5, 5.41) is 2.68. The molecule has 1 amide bonds. The summed E-state index contributed by atoms with van der Waals surface area (Å²) >= 11 is 0. The Hall–Kier alpha value is -2.61. The molecule has 0 unspecified atom stereocenters. The number of nitrogens with zero attached hydrogens (tertiary/aromatic N) is 1. The molecule has 0 aliphatic carbocycles. The van der Waals surface area contributed by atoms with Crippen LogP contribution in [-0.4, -0.2) is 30.8 Å².